The first-order valence-electron chi connectivity index (χ1n) is 10.4. The van der Waals surface area contributed by atoms with Crippen LogP contribution in [0.5, 0.6) is 0 Å². The highest BCUT2D eigenvalue weighted by atomic mass is 32.2. The Bertz CT molecular complexity index is 1250. The molecule has 0 atom stereocenters. The fraction of sp³-hybridized carbons (Fsp3) is 0.250. The number of rotatable bonds is 8. The van der Waals surface area contributed by atoms with Crippen LogP contribution in [0.1, 0.15) is 18.4 Å². The second kappa shape index (κ2) is 9.10. The lowest BCUT2D eigenvalue weighted by atomic mass is 10.1. The van der Waals surface area contributed by atoms with Gasteiger partial charge in [0.2, 0.25) is 21.8 Å². The SMILES string of the molecule is CN(CC(=O)NCc1ccc(NC(=O)C2CC2)cc1)S(=O)(=O)c1ccc2ccccc2c1. The fourth-order valence-corrected chi connectivity index (χ4v) is 4.51. The van der Waals surface area contributed by atoms with E-state index in [2.05, 4.69) is 10.6 Å². The molecule has 0 heterocycles. The molecule has 1 fully saturated rings. The first-order valence-corrected chi connectivity index (χ1v) is 11.9. The second-order valence-electron chi connectivity index (χ2n) is 8.01. The van der Waals surface area contributed by atoms with Crippen molar-refractivity contribution in [2.75, 3.05) is 18.9 Å². The van der Waals surface area contributed by atoms with Gasteiger partial charge in [0.25, 0.3) is 0 Å². The van der Waals surface area contributed by atoms with Crippen molar-refractivity contribution in [2.45, 2.75) is 24.3 Å². The van der Waals surface area contributed by atoms with Gasteiger partial charge in [-0.05, 0) is 53.4 Å². The molecule has 0 aromatic heterocycles. The summed E-state index contributed by atoms with van der Waals surface area (Å²) < 4.78 is 26.8. The molecule has 1 aliphatic carbocycles. The van der Waals surface area contributed by atoms with Crippen molar-refractivity contribution in [3.05, 3.63) is 72.3 Å². The van der Waals surface area contributed by atoms with Crippen molar-refractivity contribution < 1.29 is 18.0 Å². The van der Waals surface area contributed by atoms with Gasteiger partial charge in [0, 0.05) is 25.2 Å². The molecule has 2 amide bonds. The number of benzene rings is 3. The average Bonchev–Trinajstić information content (AvgIpc) is 3.64. The summed E-state index contributed by atoms with van der Waals surface area (Å²) in [6, 6.07) is 19.6. The minimum absolute atomic E-state index is 0.0433. The molecular formula is C24H25N3O4S. The molecule has 0 radical (unpaired) electrons. The molecule has 8 heteroatoms. The molecule has 7 nitrogen and oxygen atoms in total. The van der Waals surface area contributed by atoms with Crippen molar-refractivity contribution in [2.24, 2.45) is 5.92 Å². The van der Waals surface area contributed by atoms with Gasteiger partial charge in [-0.2, -0.15) is 4.31 Å². The lowest BCUT2D eigenvalue weighted by Crippen LogP contribution is -2.38. The maximum Gasteiger partial charge on any atom is 0.243 e. The zero-order valence-electron chi connectivity index (χ0n) is 17.7. The molecule has 0 spiro atoms. The Morgan fingerprint density at radius 2 is 1.66 bits per heavy atom. The first kappa shape index (κ1) is 22.0. The molecule has 2 N–H and O–H groups in total. The number of amides is 2. The zero-order chi connectivity index (χ0) is 22.7. The van der Waals surface area contributed by atoms with Crippen LogP contribution in [0.4, 0.5) is 5.69 Å². The number of sulfonamides is 1. The van der Waals surface area contributed by atoms with E-state index in [9.17, 15) is 18.0 Å². The van der Waals surface area contributed by atoms with E-state index in [1.54, 1.807) is 30.3 Å². The maximum atomic E-state index is 12.9. The number of likely N-dealkylation sites (N-methyl/N-ethyl adjacent to an activating group) is 1. The molecule has 0 unspecified atom stereocenters. The smallest absolute Gasteiger partial charge is 0.243 e. The molecule has 0 bridgehead atoms. The summed E-state index contributed by atoms with van der Waals surface area (Å²) in [4.78, 5) is 24.3. The number of carbonyl (C=O) groups is 2. The Morgan fingerprint density at radius 1 is 0.969 bits per heavy atom. The highest BCUT2D eigenvalue weighted by molar-refractivity contribution is 7.89. The molecule has 1 saturated carbocycles. The Kier molecular flexibility index (Phi) is 6.25. The van der Waals surface area contributed by atoms with E-state index in [1.165, 1.54) is 7.05 Å². The second-order valence-corrected chi connectivity index (χ2v) is 10.1. The van der Waals surface area contributed by atoms with Crippen LogP contribution in [0.15, 0.2) is 71.6 Å². The minimum atomic E-state index is -3.80. The number of carbonyl (C=O) groups excluding carboxylic acids is 2. The number of hydrogen-bond acceptors (Lipinski definition) is 4. The highest BCUT2D eigenvalue weighted by Crippen LogP contribution is 2.30. The largest absolute Gasteiger partial charge is 0.351 e. The summed E-state index contributed by atoms with van der Waals surface area (Å²) in [5.41, 5.74) is 1.57. The third kappa shape index (κ3) is 5.15. The van der Waals surface area contributed by atoms with Gasteiger partial charge in [-0.15, -0.1) is 0 Å². The van der Waals surface area contributed by atoms with Crippen LogP contribution in [0.25, 0.3) is 10.8 Å². The van der Waals surface area contributed by atoms with E-state index in [1.807, 2.05) is 36.4 Å². The molecule has 166 valence electrons. The highest BCUT2D eigenvalue weighted by Gasteiger charge is 2.29. The van der Waals surface area contributed by atoms with Gasteiger partial charge >= 0.3 is 0 Å². The zero-order valence-corrected chi connectivity index (χ0v) is 18.6. The average molecular weight is 452 g/mol. The van der Waals surface area contributed by atoms with E-state index in [0.717, 1.165) is 39.2 Å². The third-order valence-electron chi connectivity index (χ3n) is 5.45. The van der Waals surface area contributed by atoms with Crippen LogP contribution in [0.3, 0.4) is 0 Å². The standard InChI is InChI=1S/C24H25N3O4S/c1-27(32(30,31)22-13-10-18-4-2-3-5-20(18)14-22)16-23(28)25-15-17-6-11-21(12-7-17)26-24(29)19-8-9-19/h2-7,10-14,19H,8-9,15-16H2,1H3,(H,25,28)(H,26,29). The Hall–Kier alpha value is -3.23. The lowest BCUT2D eigenvalue weighted by molar-refractivity contribution is -0.121. The van der Waals surface area contributed by atoms with Crippen molar-refractivity contribution in [3.63, 3.8) is 0 Å². The quantitative estimate of drug-likeness (QED) is 0.550. The molecule has 1 aliphatic rings. The van der Waals surface area contributed by atoms with Gasteiger partial charge < -0.3 is 10.6 Å². The predicted molar refractivity (Wildman–Crippen MR) is 123 cm³/mol. The van der Waals surface area contributed by atoms with Gasteiger partial charge in [0.15, 0.2) is 0 Å². The summed E-state index contributed by atoms with van der Waals surface area (Å²) in [5.74, 6) is -0.221. The van der Waals surface area contributed by atoms with Gasteiger partial charge in [0.1, 0.15) is 0 Å². The number of hydrogen-bond donors (Lipinski definition) is 2. The topological polar surface area (TPSA) is 95.6 Å². The monoisotopic (exact) mass is 451 g/mol. The summed E-state index contributed by atoms with van der Waals surface area (Å²) in [5, 5.41) is 7.38. The summed E-state index contributed by atoms with van der Waals surface area (Å²) >= 11 is 0. The summed E-state index contributed by atoms with van der Waals surface area (Å²) in [6.45, 7) is -0.0236. The minimum Gasteiger partial charge on any atom is -0.351 e. The van der Waals surface area contributed by atoms with Crippen molar-refractivity contribution in [3.8, 4) is 0 Å². The van der Waals surface area contributed by atoms with Gasteiger partial charge in [-0.3, -0.25) is 9.59 Å². The van der Waals surface area contributed by atoms with Crippen molar-refractivity contribution in [1.82, 2.24) is 9.62 Å². The molecule has 0 aliphatic heterocycles. The lowest BCUT2D eigenvalue weighted by Gasteiger charge is -2.17. The fourth-order valence-electron chi connectivity index (χ4n) is 3.35. The number of nitrogens with zero attached hydrogens (tertiary/aromatic N) is 1. The summed E-state index contributed by atoms with van der Waals surface area (Å²) in [7, 11) is -2.41. The van der Waals surface area contributed by atoms with Crippen LogP contribution in [0.2, 0.25) is 0 Å². The van der Waals surface area contributed by atoms with E-state index in [0.29, 0.717) is 0 Å². The number of fused-ring (bicyclic) bond motifs is 1. The maximum absolute atomic E-state index is 12.9. The van der Waals surface area contributed by atoms with E-state index >= 15 is 0 Å². The van der Waals surface area contributed by atoms with Crippen LogP contribution < -0.4 is 10.6 Å². The molecular weight excluding hydrogens is 426 g/mol. The van der Waals surface area contributed by atoms with Crippen molar-refractivity contribution in [1.29, 1.82) is 0 Å². The van der Waals surface area contributed by atoms with Crippen LogP contribution in [-0.4, -0.2) is 38.1 Å². The van der Waals surface area contributed by atoms with Crippen LogP contribution in [-0.2, 0) is 26.2 Å². The Labute approximate surface area is 187 Å². The van der Waals surface area contributed by atoms with E-state index in [4.69, 9.17) is 0 Å². The Balaban J connectivity index is 1.32. The van der Waals surface area contributed by atoms with Gasteiger partial charge in [-0.1, -0.05) is 42.5 Å². The Morgan fingerprint density at radius 3 is 2.34 bits per heavy atom. The third-order valence-corrected chi connectivity index (χ3v) is 7.25. The normalized spacial score (nSPS) is 13.8. The van der Waals surface area contributed by atoms with Crippen LogP contribution in [0, 0.1) is 5.92 Å². The van der Waals surface area contributed by atoms with E-state index in [-0.39, 0.29) is 29.8 Å². The molecule has 0 saturated heterocycles. The molecule has 4 rings (SSSR count). The number of nitrogens with one attached hydrogen (secondary N) is 2. The van der Waals surface area contributed by atoms with Gasteiger partial charge in [-0.25, -0.2) is 8.42 Å². The molecule has 3 aromatic rings. The first-order chi connectivity index (χ1) is 15.3. The summed E-state index contributed by atoms with van der Waals surface area (Å²) in [6.07, 6.45) is 1.89. The predicted octanol–water partition coefficient (Wildman–Crippen LogP) is 3.13. The van der Waals surface area contributed by atoms with Crippen LogP contribution >= 0.6 is 0 Å². The molecule has 32 heavy (non-hydrogen) atoms. The van der Waals surface area contributed by atoms with Crippen molar-refractivity contribution >= 4 is 38.3 Å². The van der Waals surface area contributed by atoms with Gasteiger partial charge in [0.05, 0.1) is 11.4 Å². The molecule has 3 aromatic carbocycles. The van der Waals surface area contributed by atoms with E-state index < -0.39 is 15.9 Å². The number of anilines is 1.